The highest BCUT2D eigenvalue weighted by molar-refractivity contribution is 7.89. The first-order chi connectivity index (χ1) is 12.5. The van der Waals surface area contributed by atoms with Crippen molar-refractivity contribution in [3.05, 3.63) is 59.9 Å². The Kier molecular flexibility index (Phi) is 5.68. The van der Waals surface area contributed by atoms with Gasteiger partial charge in [0.25, 0.3) is 0 Å². The molecule has 7 heteroatoms. The van der Waals surface area contributed by atoms with Crippen LogP contribution in [0.15, 0.2) is 53.7 Å². The molecule has 6 nitrogen and oxygen atoms in total. The first-order valence-electron chi connectivity index (χ1n) is 8.70. The fourth-order valence-corrected chi connectivity index (χ4v) is 4.59. The molecule has 26 heavy (non-hydrogen) atoms. The Balaban J connectivity index is 1.64. The molecule has 1 atom stereocenters. The van der Waals surface area contributed by atoms with Crippen LogP contribution in [0.2, 0.25) is 0 Å². The van der Waals surface area contributed by atoms with Crippen molar-refractivity contribution in [3.8, 4) is 0 Å². The van der Waals surface area contributed by atoms with Gasteiger partial charge in [-0.2, -0.15) is 4.31 Å². The molecular formula is C19H23N3O3S. The first-order valence-corrected chi connectivity index (χ1v) is 10.1. The second kappa shape index (κ2) is 7.97. The Hall–Kier alpha value is -2.25. The number of pyridine rings is 1. The minimum absolute atomic E-state index is 0.113. The Labute approximate surface area is 154 Å². The molecule has 1 aromatic heterocycles. The monoisotopic (exact) mass is 373 g/mol. The van der Waals surface area contributed by atoms with Crippen LogP contribution in [0.3, 0.4) is 0 Å². The minimum Gasteiger partial charge on any atom is -0.352 e. The molecule has 1 N–H and O–H groups in total. The van der Waals surface area contributed by atoms with Gasteiger partial charge in [-0.25, -0.2) is 8.42 Å². The van der Waals surface area contributed by atoms with Crippen LogP contribution in [-0.2, 0) is 21.4 Å². The van der Waals surface area contributed by atoms with Crippen molar-refractivity contribution in [1.82, 2.24) is 14.6 Å². The van der Waals surface area contributed by atoms with Crippen molar-refractivity contribution in [2.75, 3.05) is 13.1 Å². The zero-order chi connectivity index (χ0) is 18.6. The number of aryl methyl sites for hydroxylation is 1. The number of hydrogen-bond donors (Lipinski definition) is 1. The maximum absolute atomic E-state index is 12.8. The van der Waals surface area contributed by atoms with Gasteiger partial charge in [-0.1, -0.05) is 23.8 Å². The van der Waals surface area contributed by atoms with Crippen molar-refractivity contribution in [3.63, 3.8) is 0 Å². The Morgan fingerprint density at radius 3 is 2.73 bits per heavy atom. The van der Waals surface area contributed by atoms with Gasteiger partial charge >= 0.3 is 0 Å². The second-order valence-electron chi connectivity index (χ2n) is 6.59. The molecule has 0 spiro atoms. The third-order valence-electron chi connectivity index (χ3n) is 4.60. The van der Waals surface area contributed by atoms with Crippen molar-refractivity contribution in [2.45, 2.75) is 31.2 Å². The van der Waals surface area contributed by atoms with Crippen LogP contribution in [-0.4, -0.2) is 36.7 Å². The van der Waals surface area contributed by atoms with E-state index in [-0.39, 0.29) is 23.3 Å². The Morgan fingerprint density at radius 2 is 2.04 bits per heavy atom. The molecule has 1 aromatic carbocycles. The van der Waals surface area contributed by atoms with Crippen LogP contribution in [0.1, 0.15) is 24.0 Å². The average molecular weight is 373 g/mol. The molecule has 1 aliphatic heterocycles. The van der Waals surface area contributed by atoms with E-state index in [1.54, 1.807) is 36.7 Å². The highest BCUT2D eigenvalue weighted by Gasteiger charge is 2.33. The molecule has 1 aliphatic rings. The second-order valence-corrected chi connectivity index (χ2v) is 8.53. The number of carbonyl (C=O) groups is 1. The highest BCUT2D eigenvalue weighted by Crippen LogP contribution is 2.24. The fourth-order valence-electron chi connectivity index (χ4n) is 3.07. The summed E-state index contributed by atoms with van der Waals surface area (Å²) in [6.07, 6.45) is 4.75. The summed E-state index contributed by atoms with van der Waals surface area (Å²) in [7, 11) is -3.57. The van der Waals surface area contributed by atoms with Crippen molar-refractivity contribution >= 4 is 15.9 Å². The van der Waals surface area contributed by atoms with Crippen molar-refractivity contribution < 1.29 is 13.2 Å². The maximum atomic E-state index is 12.8. The maximum Gasteiger partial charge on any atom is 0.243 e. The lowest BCUT2D eigenvalue weighted by Gasteiger charge is -2.31. The summed E-state index contributed by atoms with van der Waals surface area (Å²) in [5, 5.41) is 2.89. The number of carbonyl (C=O) groups excluding carboxylic acids is 1. The molecule has 1 fully saturated rings. The number of nitrogens with zero attached hydrogens (tertiary/aromatic N) is 2. The van der Waals surface area contributed by atoms with Gasteiger partial charge in [0.2, 0.25) is 15.9 Å². The SMILES string of the molecule is Cc1ccc(S(=O)(=O)N2CCCC(C(=O)NCc3cccnc3)C2)cc1. The van der Waals surface area contributed by atoms with E-state index >= 15 is 0 Å². The predicted octanol–water partition coefficient (Wildman–Crippen LogP) is 2.11. The molecule has 1 amide bonds. The van der Waals surface area contributed by atoms with Gasteiger partial charge in [0.1, 0.15) is 0 Å². The standard InChI is InChI=1S/C19H23N3O3S/c1-15-6-8-18(9-7-15)26(24,25)22-11-3-5-17(14-22)19(23)21-13-16-4-2-10-20-12-16/h2,4,6-10,12,17H,3,5,11,13-14H2,1H3,(H,21,23). The molecule has 138 valence electrons. The van der Waals surface area contributed by atoms with Crippen molar-refractivity contribution in [2.24, 2.45) is 5.92 Å². The van der Waals surface area contributed by atoms with E-state index < -0.39 is 10.0 Å². The molecule has 0 radical (unpaired) electrons. The summed E-state index contributed by atoms with van der Waals surface area (Å²) >= 11 is 0. The van der Waals surface area contributed by atoms with E-state index in [1.165, 1.54) is 4.31 Å². The van der Waals surface area contributed by atoms with E-state index in [2.05, 4.69) is 10.3 Å². The summed E-state index contributed by atoms with van der Waals surface area (Å²) in [6.45, 7) is 2.98. The van der Waals surface area contributed by atoms with E-state index in [0.717, 1.165) is 11.1 Å². The fraction of sp³-hybridized carbons (Fsp3) is 0.368. The quantitative estimate of drug-likeness (QED) is 0.871. The zero-order valence-corrected chi connectivity index (χ0v) is 15.6. The van der Waals surface area contributed by atoms with Crippen LogP contribution in [0, 0.1) is 12.8 Å². The van der Waals surface area contributed by atoms with Gasteiger partial charge in [-0.05, 0) is 43.5 Å². The lowest BCUT2D eigenvalue weighted by Crippen LogP contribution is -2.45. The number of benzene rings is 1. The molecule has 1 unspecified atom stereocenters. The number of piperidine rings is 1. The van der Waals surface area contributed by atoms with E-state index in [1.807, 2.05) is 19.1 Å². The zero-order valence-electron chi connectivity index (χ0n) is 14.8. The van der Waals surface area contributed by atoms with Crippen LogP contribution < -0.4 is 5.32 Å². The summed E-state index contributed by atoms with van der Waals surface area (Å²) < 4.78 is 27.1. The lowest BCUT2D eigenvalue weighted by molar-refractivity contribution is -0.126. The van der Waals surface area contributed by atoms with Crippen LogP contribution in [0.5, 0.6) is 0 Å². The van der Waals surface area contributed by atoms with E-state index in [4.69, 9.17) is 0 Å². The normalized spacial score (nSPS) is 18.4. The van der Waals surface area contributed by atoms with Gasteiger partial charge in [-0.3, -0.25) is 9.78 Å². The van der Waals surface area contributed by atoms with E-state index in [9.17, 15) is 13.2 Å². The van der Waals surface area contributed by atoms with Crippen LogP contribution in [0.4, 0.5) is 0 Å². The lowest BCUT2D eigenvalue weighted by atomic mass is 9.99. The number of amides is 1. The molecule has 0 aliphatic carbocycles. The smallest absolute Gasteiger partial charge is 0.243 e. The van der Waals surface area contributed by atoms with Gasteiger partial charge in [-0.15, -0.1) is 0 Å². The molecule has 3 rings (SSSR count). The van der Waals surface area contributed by atoms with Gasteiger partial charge in [0.05, 0.1) is 10.8 Å². The number of nitrogens with one attached hydrogen (secondary N) is 1. The molecule has 0 saturated carbocycles. The third-order valence-corrected chi connectivity index (χ3v) is 6.48. The summed E-state index contributed by atoms with van der Waals surface area (Å²) in [4.78, 5) is 16.8. The van der Waals surface area contributed by atoms with Gasteiger partial charge < -0.3 is 5.32 Å². The van der Waals surface area contributed by atoms with Gasteiger partial charge in [0, 0.05) is 32.0 Å². The molecule has 1 saturated heterocycles. The van der Waals surface area contributed by atoms with Crippen LogP contribution in [0.25, 0.3) is 0 Å². The Morgan fingerprint density at radius 1 is 1.27 bits per heavy atom. The number of rotatable bonds is 5. The highest BCUT2D eigenvalue weighted by atomic mass is 32.2. The van der Waals surface area contributed by atoms with E-state index in [0.29, 0.717) is 25.9 Å². The average Bonchev–Trinajstić information content (AvgIpc) is 2.67. The molecular weight excluding hydrogens is 350 g/mol. The van der Waals surface area contributed by atoms with Crippen molar-refractivity contribution in [1.29, 1.82) is 0 Å². The predicted molar refractivity (Wildman–Crippen MR) is 98.7 cm³/mol. The first kappa shape index (κ1) is 18.5. The minimum atomic E-state index is -3.57. The largest absolute Gasteiger partial charge is 0.352 e. The summed E-state index contributed by atoms with van der Waals surface area (Å²) in [5.74, 6) is -0.446. The van der Waals surface area contributed by atoms with Gasteiger partial charge in [0.15, 0.2) is 0 Å². The number of hydrogen-bond acceptors (Lipinski definition) is 4. The van der Waals surface area contributed by atoms with Crippen LogP contribution >= 0.6 is 0 Å². The molecule has 2 heterocycles. The molecule has 0 bridgehead atoms. The topological polar surface area (TPSA) is 79.4 Å². The molecule has 2 aromatic rings. The summed E-state index contributed by atoms with van der Waals surface area (Å²) in [6, 6.07) is 10.5. The summed E-state index contributed by atoms with van der Waals surface area (Å²) in [5.41, 5.74) is 1.93. The number of sulfonamides is 1. The Bertz CT molecular complexity index is 851. The number of aromatic nitrogens is 1. The third kappa shape index (κ3) is 4.28.